The third kappa shape index (κ3) is 3.66. The van der Waals surface area contributed by atoms with Gasteiger partial charge in [-0.2, -0.15) is 0 Å². The molecule has 0 unspecified atom stereocenters. The number of hydrogen-bond donors (Lipinski definition) is 2. The second-order valence-corrected chi connectivity index (χ2v) is 9.79. The topological polar surface area (TPSA) is 106 Å². The highest BCUT2D eigenvalue weighted by molar-refractivity contribution is 7.90. The lowest BCUT2D eigenvalue weighted by atomic mass is 9.88. The van der Waals surface area contributed by atoms with Crippen molar-refractivity contribution in [1.82, 2.24) is 0 Å². The van der Waals surface area contributed by atoms with Crippen LogP contribution < -0.4 is 11.1 Å². The first-order valence-corrected chi connectivity index (χ1v) is 10.9. The van der Waals surface area contributed by atoms with E-state index in [1.165, 1.54) is 35.6 Å². The number of nitrogens with one attached hydrogen (secondary N) is 1. The monoisotopic (exact) mass is 392 g/mol. The minimum atomic E-state index is -3.32. The van der Waals surface area contributed by atoms with E-state index < -0.39 is 21.7 Å². The number of thiophene rings is 1. The summed E-state index contributed by atoms with van der Waals surface area (Å²) >= 11 is 1.40. The van der Waals surface area contributed by atoms with Gasteiger partial charge in [0.05, 0.1) is 10.5 Å². The van der Waals surface area contributed by atoms with Crippen molar-refractivity contribution in [2.45, 2.75) is 31.1 Å². The van der Waals surface area contributed by atoms with Crippen LogP contribution >= 0.6 is 11.3 Å². The molecule has 2 amide bonds. The minimum Gasteiger partial charge on any atom is -0.365 e. The second-order valence-electron chi connectivity index (χ2n) is 6.67. The fraction of sp³-hybridized carbons (Fsp3) is 0.333. The Morgan fingerprint density at radius 1 is 1.23 bits per heavy atom. The molecule has 3 rings (SSSR count). The summed E-state index contributed by atoms with van der Waals surface area (Å²) in [6.45, 7) is 2.16. The van der Waals surface area contributed by atoms with E-state index in [2.05, 4.69) is 12.2 Å². The molecule has 2 aromatic rings. The molecule has 6 nitrogen and oxygen atoms in total. The van der Waals surface area contributed by atoms with Crippen molar-refractivity contribution < 1.29 is 18.0 Å². The largest absolute Gasteiger partial charge is 0.365 e. The van der Waals surface area contributed by atoms with Gasteiger partial charge in [-0.3, -0.25) is 9.59 Å². The lowest BCUT2D eigenvalue weighted by Crippen LogP contribution is -2.19. The number of benzene rings is 1. The van der Waals surface area contributed by atoms with E-state index >= 15 is 0 Å². The third-order valence-corrected chi connectivity index (χ3v) is 6.83. The van der Waals surface area contributed by atoms with Gasteiger partial charge >= 0.3 is 0 Å². The van der Waals surface area contributed by atoms with E-state index in [9.17, 15) is 18.0 Å². The molecule has 0 saturated carbocycles. The lowest BCUT2D eigenvalue weighted by Gasteiger charge is -2.18. The molecule has 0 aliphatic heterocycles. The Kier molecular flexibility index (Phi) is 4.90. The van der Waals surface area contributed by atoms with Gasteiger partial charge in [-0.15, -0.1) is 11.3 Å². The van der Waals surface area contributed by atoms with Crippen molar-refractivity contribution in [1.29, 1.82) is 0 Å². The average Bonchev–Trinajstić information content (AvgIpc) is 2.91. The molecule has 1 aromatic carbocycles. The molecule has 1 atom stereocenters. The van der Waals surface area contributed by atoms with Gasteiger partial charge in [0.25, 0.3) is 11.8 Å². The van der Waals surface area contributed by atoms with Crippen molar-refractivity contribution in [3.63, 3.8) is 0 Å². The third-order valence-electron chi connectivity index (χ3n) is 4.53. The molecule has 0 spiro atoms. The fourth-order valence-electron chi connectivity index (χ4n) is 3.13. The summed E-state index contributed by atoms with van der Waals surface area (Å²) < 4.78 is 23.0. The van der Waals surface area contributed by atoms with Crippen molar-refractivity contribution in [3.05, 3.63) is 45.8 Å². The number of anilines is 1. The molecule has 26 heavy (non-hydrogen) atoms. The van der Waals surface area contributed by atoms with Crippen LogP contribution in [-0.2, 0) is 22.7 Å². The Morgan fingerprint density at radius 2 is 1.88 bits per heavy atom. The van der Waals surface area contributed by atoms with E-state index in [1.54, 1.807) is 0 Å². The number of carbonyl (C=O) groups excluding carboxylic acids is 2. The molecule has 1 aromatic heterocycles. The first-order valence-electron chi connectivity index (χ1n) is 8.22. The maximum absolute atomic E-state index is 12.5. The van der Waals surface area contributed by atoms with Crippen LogP contribution in [0.2, 0.25) is 0 Å². The number of sulfone groups is 1. The maximum Gasteiger partial charge on any atom is 0.256 e. The Hall–Kier alpha value is -2.19. The average molecular weight is 393 g/mol. The zero-order chi connectivity index (χ0) is 19.1. The number of carbonyl (C=O) groups is 2. The van der Waals surface area contributed by atoms with Crippen LogP contribution in [-0.4, -0.2) is 26.5 Å². The van der Waals surface area contributed by atoms with Gasteiger partial charge in [0.2, 0.25) is 0 Å². The van der Waals surface area contributed by atoms with Crippen LogP contribution in [0.1, 0.15) is 44.5 Å². The molecule has 8 heteroatoms. The van der Waals surface area contributed by atoms with E-state index in [1.807, 2.05) is 0 Å². The number of amides is 2. The zero-order valence-electron chi connectivity index (χ0n) is 14.5. The van der Waals surface area contributed by atoms with Gasteiger partial charge in [-0.1, -0.05) is 6.92 Å². The Labute approximate surface area is 156 Å². The second kappa shape index (κ2) is 6.85. The summed E-state index contributed by atoms with van der Waals surface area (Å²) in [5, 5.41) is 3.23. The number of hydrogen-bond acceptors (Lipinski definition) is 5. The molecule has 0 bridgehead atoms. The summed E-state index contributed by atoms with van der Waals surface area (Å²) in [6.07, 6.45) is 3.76. The quantitative estimate of drug-likeness (QED) is 0.834. The summed E-state index contributed by atoms with van der Waals surface area (Å²) in [5.41, 5.74) is 7.21. The highest BCUT2D eigenvalue weighted by Crippen LogP contribution is 2.39. The number of fused-ring (bicyclic) bond motifs is 1. The molecule has 0 saturated heterocycles. The van der Waals surface area contributed by atoms with Gasteiger partial charge in [0.1, 0.15) is 5.00 Å². The number of rotatable bonds is 4. The highest BCUT2D eigenvalue weighted by Gasteiger charge is 2.27. The molecule has 0 radical (unpaired) electrons. The minimum absolute atomic E-state index is 0.146. The van der Waals surface area contributed by atoms with Crippen LogP contribution in [0.25, 0.3) is 0 Å². The van der Waals surface area contributed by atoms with Gasteiger partial charge in [-0.05, 0) is 55.0 Å². The number of primary amides is 1. The fourth-order valence-corrected chi connectivity index (χ4v) is 5.17. The molecular formula is C18H20N2O4S2. The SMILES string of the molecule is C[C@H]1CCc2c(sc(NC(=O)c3ccc(S(C)(=O)=O)cc3)c2C(N)=O)C1. The van der Waals surface area contributed by atoms with Gasteiger partial charge < -0.3 is 11.1 Å². The van der Waals surface area contributed by atoms with Crippen molar-refractivity contribution >= 4 is 38.0 Å². The maximum atomic E-state index is 12.5. The summed E-state index contributed by atoms with van der Waals surface area (Å²) in [6, 6.07) is 5.68. The summed E-state index contributed by atoms with van der Waals surface area (Å²) in [4.78, 5) is 25.7. The van der Waals surface area contributed by atoms with E-state index in [0.717, 1.165) is 36.0 Å². The first-order chi connectivity index (χ1) is 12.2. The number of nitrogens with two attached hydrogens (primary N) is 1. The van der Waals surface area contributed by atoms with Crippen LogP contribution in [0.3, 0.4) is 0 Å². The predicted molar refractivity (Wildman–Crippen MR) is 102 cm³/mol. The Balaban J connectivity index is 1.89. The summed E-state index contributed by atoms with van der Waals surface area (Å²) in [7, 11) is -3.32. The van der Waals surface area contributed by atoms with Crippen LogP contribution in [0, 0.1) is 5.92 Å². The smallest absolute Gasteiger partial charge is 0.256 e. The zero-order valence-corrected chi connectivity index (χ0v) is 16.2. The molecule has 0 fully saturated rings. The predicted octanol–water partition coefficient (Wildman–Crippen LogP) is 2.63. The Morgan fingerprint density at radius 3 is 2.46 bits per heavy atom. The lowest BCUT2D eigenvalue weighted by molar-refractivity contribution is 0.1000. The van der Waals surface area contributed by atoms with Crippen LogP contribution in [0.15, 0.2) is 29.2 Å². The molecule has 3 N–H and O–H groups in total. The van der Waals surface area contributed by atoms with Gasteiger partial charge in [-0.25, -0.2) is 8.42 Å². The molecule has 1 heterocycles. The van der Waals surface area contributed by atoms with Crippen molar-refractivity contribution in [2.75, 3.05) is 11.6 Å². The Bertz CT molecular complexity index is 975. The molecule has 138 valence electrons. The van der Waals surface area contributed by atoms with Crippen LogP contribution in [0.5, 0.6) is 0 Å². The van der Waals surface area contributed by atoms with Crippen molar-refractivity contribution in [3.8, 4) is 0 Å². The molecule has 1 aliphatic carbocycles. The van der Waals surface area contributed by atoms with Gasteiger partial charge in [0, 0.05) is 16.7 Å². The molecular weight excluding hydrogens is 372 g/mol. The van der Waals surface area contributed by atoms with E-state index in [4.69, 9.17) is 5.73 Å². The molecule has 1 aliphatic rings. The standard InChI is InChI=1S/C18H20N2O4S2/c1-10-3-8-13-14(9-10)25-18(15(13)16(19)21)20-17(22)11-4-6-12(7-5-11)26(2,23)24/h4-7,10H,3,8-9H2,1-2H3,(H2,19,21)(H,20,22)/t10-/m0/s1. The van der Waals surface area contributed by atoms with Crippen molar-refractivity contribution in [2.24, 2.45) is 11.7 Å². The van der Waals surface area contributed by atoms with E-state index in [-0.39, 0.29) is 4.90 Å². The normalized spacial score (nSPS) is 16.8. The van der Waals surface area contributed by atoms with Crippen LogP contribution in [0.4, 0.5) is 5.00 Å². The van der Waals surface area contributed by atoms with E-state index in [0.29, 0.717) is 22.0 Å². The highest BCUT2D eigenvalue weighted by atomic mass is 32.2. The first kappa shape index (κ1) is 18.6. The van der Waals surface area contributed by atoms with Gasteiger partial charge in [0.15, 0.2) is 9.84 Å². The summed E-state index contributed by atoms with van der Waals surface area (Å²) in [5.74, 6) is -0.409.